The van der Waals surface area contributed by atoms with Crippen LogP contribution in [-0.2, 0) is 6.42 Å². The van der Waals surface area contributed by atoms with E-state index in [2.05, 4.69) is 21.9 Å². The molecule has 0 atom stereocenters. The van der Waals surface area contributed by atoms with Gasteiger partial charge in [-0.2, -0.15) is 0 Å². The number of rotatable bonds is 3. The van der Waals surface area contributed by atoms with Crippen LogP contribution in [-0.4, -0.2) is 15.0 Å². The predicted octanol–water partition coefficient (Wildman–Crippen LogP) is 3.46. The van der Waals surface area contributed by atoms with Gasteiger partial charge in [0.25, 0.3) is 0 Å². The maximum absolute atomic E-state index is 4.59. The highest BCUT2D eigenvalue weighted by Crippen LogP contribution is 2.18. The van der Waals surface area contributed by atoms with E-state index in [1.165, 1.54) is 0 Å². The van der Waals surface area contributed by atoms with Gasteiger partial charge in [-0.15, -0.1) is 0 Å². The fraction of sp³-hybridized carbons (Fsp3) is 0.125. The van der Waals surface area contributed by atoms with E-state index < -0.39 is 0 Å². The van der Waals surface area contributed by atoms with Gasteiger partial charge in [-0.1, -0.05) is 37.3 Å². The number of aryl methyl sites for hydroxylation is 1. The first kappa shape index (κ1) is 11.8. The maximum Gasteiger partial charge on any atom is 0.179 e. The Morgan fingerprint density at radius 1 is 0.947 bits per heavy atom. The first-order valence-electron chi connectivity index (χ1n) is 6.34. The van der Waals surface area contributed by atoms with E-state index in [9.17, 15) is 0 Å². The number of hydrogen-bond donors (Lipinski definition) is 0. The van der Waals surface area contributed by atoms with Crippen LogP contribution in [0.3, 0.4) is 0 Å². The Balaban J connectivity index is 2.08. The largest absolute Gasteiger partial charge is 0.251 e. The molecule has 1 aromatic carbocycles. The molecule has 0 spiro atoms. The molecule has 0 bridgehead atoms. The van der Waals surface area contributed by atoms with Crippen molar-refractivity contribution in [3.05, 3.63) is 61.3 Å². The van der Waals surface area contributed by atoms with Crippen molar-refractivity contribution < 1.29 is 0 Å². The Hall–Kier alpha value is -2.29. The molecule has 93 valence electrons. The minimum atomic E-state index is 0.701. The quantitative estimate of drug-likeness (QED) is 0.712. The van der Waals surface area contributed by atoms with E-state index in [1.54, 1.807) is 6.20 Å². The first-order valence-corrected chi connectivity index (χ1v) is 6.34. The highest BCUT2D eigenvalue weighted by atomic mass is 14.9. The lowest BCUT2D eigenvalue weighted by Gasteiger charge is -2.03. The van der Waals surface area contributed by atoms with Crippen LogP contribution in [0.25, 0.3) is 22.4 Å². The molecule has 0 N–H and O–H groups in total. The van der Waals surface area contributed by atoms with Crippen molar-refractivity contribution in [2.75, 3.05) is 0 Å². The fourth-order valence-corrected chi connectivity index (χ4v) is 2.01. The average molecular weight is 248 g/mol. The molecule has 0 fully saturated rings. The molecule has 2 aromatic heterocycles. The molecule has 19 heavy (non-hydrogen) atoms. The molecule has 0 aliphatic carbocycles. The highest BCUT2D eigenvalue weighted by Gasteiger charge is 2.04. The third-order valence-electron chi connectivity index (χ3n) is 2.97. The summed E-state index contributed by atoms with van der Waals surface area (Å²) in [6, 6.07) is 14.0. The van der Waals surface area contributed by atoms with Gasteiger partial charge in [-0.25, -0.2) is 9.97 Å². The molecule has 1 radical (unpaired) electrons. The van der Waals surface area contributed by atoms with Crippen molar-refractivity contribution in [3.8, 4) is 11.3 Å². The molecule has 0 saturated heterocycles. The third-order valence-corrected chi connectivity index (χ3v) is 2.97. The van der Waals surface area contributed by atoms with Crippen LogP contribution in [0.5, 0.6) is 0 Å². The molecular formula is C16H14N3. The number of fused-ring (bicyclic) bond motifs is 1. The van der Waals surface area contributed by atoms with Crippen LogP contribution in [0.2, 0.25) is 0 Å². The summed E-state index contributed by atoms with van der Waals surface area (Å²) in [5, 5.41) is 0. The molecule has 0 amide bonds. The van der Waals surface area contributed by atoms with Crippen molar-refractivity contribution in [3.63, 3.8) is 0 Å². The molecule has 0 unspecified atom stereocenters. The lowest BCUT2D eigenvalue weighted by atomic mass is 10.1. The van der Waals surface area contributed by atoms with Gasteiger partial charge in [-0.05, 0) is 25.0 Å². The monoisotopic (exact) mass is 248 g/mol. The number of nitrogens with zero attached hydrogens (tertiary/aromatic N) is 3. The summed E-state index contributed by atoms with van der Waals surface area (Å²) < 4.78 is 0. The number of pyridine rings is 1. The SMILES string of the molecule is [CH2]CCc1ccc2ncc(-c3ccccc3)nc2n1. The fourth-order valence-electron chi connectivity index (χ4n) is 2.01. The summed E-state index contributed by atoms with van der Waals surface area (Å²) in [6.45, 7) is 3.85. The minimum absolute atomic E-state index is 0.701. The Bertz CT molecular complexity index is 693. The molecule has 3 aromatic rings. The molecular weight excluding hydrogens is 234 g/mol. The van der Waals surface area contributed by atoms with Gasteiger partial charge in [0.2, 0.25) is 0 Å². The van der Waals surface area contributed by atoms with E-state index in [-0.39, 0.29) is 0 Å². The van der Waals surface area contributed by atoms with Crippen molar-refractivity contribution in [2.24, 2.45) is 0 Å². The molecule has 3 nitrogen and oxygen atoms in total. The average Bonchev–Trinajstić information content (AvgIpc) is 2.48. The van der Waals surface area contributed by atoms with Crippen LogP contribution in [0.1, 0.15) is 12.1 Å². The normalized spacial score (nSPS) is 10.8. The third kappa shape index (κ3) is 2.45. The lowest BCUT2D eigenvalue weighted by molar-refractivity contribution is 0.947. The lowest BCUT2D eigenvalue weighted by Crippen LogP contribution is -1.95. The zero-order valence-electron chi connectivity index (χ0n) is 10.6. The van der Waals surface area contributed by atoms with Crippen LogP contribution in [0.15, 0.2) is 48.7 Å². The van der Waals surface area contributed by atoms with Gasteiger partial charge in [0, 0.05) is 11.3 Å². The summed E-state index contributed by atoms with van der Waals surface area (Å²) in [7, 11) is 0. The molecule has 0 aliphatic heterocycles. The predicted molar refractivity (Wildman–Crippen MR) is 76.4 cm³/mol. The topological polar surface area (TPSA) is 38.7 Å². The van der Waals surface area contributed by atoms with Crippen molar-refractivity contribution in [1.82, 2.24) is 15.0 Å². The van der Waals surface area contributed by atoms with Gasteiger partial charge < -0.3 is 0 Å². The molecule has 0 saturated carbocycles. The van der Waals surface area contributed by atoms with Gasteiger partial charge in [0.15, 0.2) is 5.65 Å². The molecule has 2 heterocycles. The number of aromatic nitrogens is 3. The Labute approximate surface area is 112 Å². The zero-order valence-corrected chi connectivity index (χ0v) is 10.6. The first-order chi connectivity index (χ1) is 9.36. The second-order valence-corrected chi connectivity index (χ2v) is 4.37. The van der Waals surface area contributed by atoms with E-state index in [1.807, 2.05) is 42.5 Å². The standard InChI is InChI=1S/C16H14N3/c1-2-6-13-9-10-14-16(18-13)19-15(11-17-14)12-7-4-3-5-8-12/h3-5,7-11H,1-2,6H2. The minimum Gasteiger partial charge on any atom is -0.251 e. The van der Waals surface area contributed by atoms with Crippen LogP contribution < -0.4 is 0 Å². The molecule has 0 aliphatic rings. The number of hydrogen-bond acceptors (Lipinski definition) is 3. The van der Waals surface area contributed by atoms with E-state index in [0.29, 0.717) is 5.65 Å². The second kappa shape index (κ2) is 5.14. The van der Waals surface area contributed by atoms with Crippen LogP contribution in [0.4, 0.5) is 0 Å². The Kier molecular flexibility index (Phi) is 3.19. The van der Waals surface area contributed by atoms with Crippen molar-refractivity contribution >= 4 is 11.2 Å². The number of benzene rings is 1. The smallest absolute Gasteiger partial charge is 0.179 e. The zero-order chi connectivity index (χ0) is 13.1. The second-order valence-electron chi connectivity index (χ2n) is 4.37. The molecule has 3 heteroatoms. The summed E-state index contributed by atoms with van der Waals surface area (Å²) in [5.74, 6) is 0. The summed E-state index contributed by atoms with van der Waals surface area (Å²) in [6.07, 6.45) is 3.50. The maximum atomic E-state index is 4.59. The van der Waals surface area contributed by atoms with E-state index in [4.69, 9.17) is 0 Å². The van der Waals surface area contributed by atoms with Gasteiger partial charge in [-0.3, -0.25) is 4.98 Å². The summed E-state index contributed by atoms with van der Waals surface area (Å²) in [5.41, 5.74) is 4.45. The Morgan fingerprint density at radius 3 is 2.58 bits per heavy atom. The molecule has 3 rings (SSSR count). The van der Waals surface area contributed by atoms with Gasteiger partial charge >= 0.3 is 0 Å². The van der Waals surface area contributed by atoms with Crippen molar-refractivity contribution in [1.29, 1.82) is 0 Å². The van der Waals surface area contributed by atoms with Crippen molar-refractivity contribution in [2.45, 2.75) is 12.8 Å². The van der Waals surface area contributed by atoms with E-state index in [0.717, 1.165) is 35.3 Å². The Morgan fingerprint density at radius 2 is 1.79 bits per heavy atom. The van der Waals surface area contributed by atoms with E-state index >= 15 is 0 Å². The van der Waals surface area contributed by atoms with Gasteiger partial charge in [0.1, 0.15) is 5.52 Å². The van der Waals surface area contributed by atoms with Crippen LogP contribution >= 0.6 is 0 Å². The van der Waals surface area contributed by atoms with Crippen LogP contribution in [0, 0.1) is 6.92 Å². The highest BCUT2D eigenvalue weighted by molar-refractivity contribution is 5.73. The van der Waals surface area contributed by atoms with Gasteiger partial charge in [0.05, 0.1) is 11.9 Å². The summed E-state index contributed by atoms with van der Waals surface area (Å²) >= 11 is 0. The summed E-state index contributed by atoms with van der Waals surface area (Å²) in [4.78, 5) is 13.6.